The fraction of sp³-hybridized carbons (Fsp3) is 0.800. The standard InChI is InChI=1S/C25H46O6Si/c1-18(24(27)29-7)13-14-22(31-32(8,9)25(3,4)5)15-20-11-10-12-21(30-20)16-23(28-6)19(2)17-26/h10-11,13,19-23,26H,12,14-17H2,1-9H3/b18-13+/t19-,20-,21-,22-,23-/m0/s1. The molecule has 0 radical (unpaired) electrons. The molecule has 1 aliphatic rings. The van der Waals surface area contributed by atoms with Crippen LogP contribution in [0.25, 0.3) is 0 Å². The van der Waals surface area contributed by atoms with Crippen LogP contribution < -0.4 is 0 Å². The van der Waals surface area contributed by atoms with Crippen molar-refractivity contribution in [3.8, 4) is 0 Å². The molecule has 0 aromatic carbocycles. The molecule has 32 heavy (non-hydrogen) atoms. The largest absolute Gasteiger partial charge is 0.466 e. The SMILES string of the molecule is COC(=O)/C(C)=C/C[C@@H](C[C@@H]1C=CC[C@@H](C[C@H](OC)[C@@H](C)CO)O1)O[Si](C)(C)C(C)(C)C. The second-order valence-electron chi connectivity index (χ2n) is 10.5. The number of rotatable bonds is 12. The summed E-state index contributed by atoms with van der Waals surface area (Å²) in [5.41, 5.74) is 0.593. The van der Waals surface area contributed by atoms with Crippen LogP contribution in [0.2, 0.25) is 18.1 Å². The third-order valence-corrected chi connectivity index (χ3v) is 11.3. The zero-order valence-electron chi connectivity index (χ0n) is 21.6. The van der Waals surface area contributed by atoms with E-state index in [1.807, 2.05) is 13.0 Å². The van der Waals surface area contributed by atoms with Gasteiger partial charge in [-0.2, -0.15) is 0 Å². The summed E-state index contributed by atoms with van der Waals surface area (Å²) in [5.74, 6) is -0.248. The van der Waals surface area contributed by atoms with Crippen LogP contribution in [-0.2, 0) is 23.4 Å². The number of aliphatic hydroxyl groups excluding tert-OH is 1. The number of hydrogen-bond acceptors (Lipinski definition) is 6. The zero-order chi connectivity index (χ0) is 24.5. The van der Waals surface area contributed by atoms with Gasteiger partial charge in [0.2, 0.25) is 0 Å². The summed E-state index contributed by atoms with van der Waals surface area (Å²) >= 11 is 0. The lowest BCUT2D eigenvalue weighted by Crippen LogP contribution is -2.45. The van der Waals surface area contributed by atoms with E-state index in [2.05, 4.69) is 46.0 Å². The highest BCUT2D eigenvalue weighted by Crippen LogP contribution is 2.38. The minimum absolute atomic E-state index is 0.0398. The van der Waals surface area contributed by atoms with Gasteiger partial charge in [0, 0.05) is 38.0 Å². The van der Waals surface area contributed by atoms with Gasteiger partial charge in [-0.3, -0.25) is 0 Å². The van der Waals surface area contributed by atoms with Crippen molar-refractivity contribution < 1.29 is 28.5 Å². The summed E-state index contributed by atoms with van der Waals surface area (Å²) in [5, 5.41) is 9.57. The van der Waals surface area contributed by atoms with Crippen LogP contribution in [0.5, 0.6) is 0 Å². The molecule has 186 valence electrons. The van der Waals surface area contributed by atoms with E-state index in [0.717, 1.165) is 19.3 Å². The van der Waals surface area contributed by atoms with Gasteiger partial charge in [0.25, 0.3) is 0 Å². The van der Waals surface area contributed by atoms with Gasteiger partial charge in [0.05, 0.1) is 31.5 Å². The Morgan fingerprint density at radius 1 is 1.28 bits per heavy atom. The average Bonchev–Trinajstić information content (AvgIpc) is 2.73. The predicted octanol–water partition coefficient (Wildman–Crippen LogP) is 5.02. The Hall–Kier alpha value is -0.993. The lowest BCUT2D eigenvalue weighted by atomic mass is 9.96. The van der Waals surface area contributed by atoms with Crippen LogP contribution in [0.4, 0.5) is 0 Å². The molecule has 1 rings (SSSR count). The van der Waals surface area contributed by atoms with Crippen LogP contribution in [0, 0.1) is 5.92 Å². The summed E-state index contributed by atoms with van der Waals surface area (Å²) < 4.78 is 23.5. The molecule has 0 amide bonds. The van der Waals surface area contributed by atoms with Gasteiger partial charge >= 0.3 is 5.97 Å². The van der Waals surface area contributed by atoms with Crippen molar-refractivity contribution >= 4 is 14.3 Å². The minimum Gasteiger partial charge on any atom is -0.466 e. The summed E-state index contributed by atoms with van der Waals surface area (Å²) in [6.45, 7) is 15.0. The molecule has 0 spiro atoms. The van der Waals surface area contributed by atoms with Crippen molar-refractivity contribution in [2.24, 2.45) is 5.92 Å². The highest BCUT2D eigenvalue weighted by Gasteiger charge is 2.39. The molecule has 0 saturated carbocycles. The van der Waals surface area contributed by atoms with Crippen molar-refractivity contribution in [2.75, 3.05) is 20.8 Å². The van der Waals surface area contributed by atoms with E-state index in [-0.39, 0.29) is 47.9 Å². The molecule has 0 aliphatic carbocycles. The normalized spacial score (nSPS) is 23.0. The fourth-order valence-corrected chi connectivity index (χ4v) is 4.93. The minimum atomic E-state index is -2.00. The van der Waals surface area contributed by atoms with Gasteiger partial charge < -0.3 is 23.7 Å². The highest BCUT2D eigenvalue weighted by atomic mass is 28.4. The summed E-state index contributed by atoms with van der Waals surface area (Å²) in [6, 6.07) is 0. The van der Waals surface area contributed by atoms with E-state index in [0.29, 0.717) is 12.0 Å². The first-order valence-corrected chi connectivity index (χ1v) is 14.6. The summed E-state index contributed by atoms with van der Waals surface area (Å²) in [7, 11) is 1.08. The second-order valence-corrected chi connectivity index (χ2v) is 15.2. The molecule has 0 fully saturated rings. The maximum Gasteiger partial charge on any atom is 0.333 e. The predicted molar refractivity (Wildman–Crippen MR) is 131 cm³/mol. The molecular weight excluding hydrogens is 424 g/mol. The molecule has 5 atom stereocenters. The Morgan fingerprint density at radius 3 is 2.47 bits per heavy atom. The van der Waals surface area contributed by atoms with Gasteiger partial charge in [-0.05, 0) is 37.9 Å². The molecule has 6 nitrogen and oxygen atoms in total. The quantitative estimate of drug-likeness (QED) is 0.187. The molecule has 0 saturated heterocycles. The Balaban J connectivity index is 2.92. The maximum absolute atomic E-state index is 11.8. The lowest BCUT2D eigenvalue weighted by molar-refractivity contribution is -0.136. The molecule has 1 aliphatic heterocycles. The first kappa shape index (κ1) is 29.0. The smallest absolute Gasteiger partial charge is 0.333 e. The first-order valence-electron chi connectivity index (χ1n) is 11.7. The van der Waals surface area contributed by atoms with Crippen molar-refractivity contribution in [3.05, 3.63) is 23.8 Å². The number of carbonyl (C=O) groups excluding carboxylic acids is 1. The molecule has 0 bridgehead atoms. The van der Waals surface area contributed by atoms with E-state index in [4.69, 9.17) is 18.6 Å². The van der Waals surface area contributed by atoms with E-state index in [1.165, 1.54) is 7.11 Å². The maximum atomic E-state index is 11.8. The molecule has 1 heterocycles. The first-order chi connectivity index (χ1) is 14.8. The number of ether oxygens (including phenoxy) is 3. The van der Waals surface area contributed by atoms with Crippen molar-refractivity contribution in [1.29, 1.82) is 0 Å². The number of esters is 1. The average molecular weight is 471 g/mol. The van der Waals surface area contributed by atoms with Crippen LogP contribution >= 0.6 is 0 Å². The monoisotopic (exact) mass is 470 g/mol. The zero-order valence-corrected chi connectivity index (χ0v) is 22.6. The third kappa shape index (κ3) is 9.10. The Bertz CT molecular complexity index is 637. The number of aliphatic hydroxyl groups is 1. The van der Waals surface area contributed by atoms with Gasteiger partial charge in [0.1, 0.15) is 0 Å². The topological polar surface area (TPSA) is 74.2 Å². The molecular formula is C25H46O6Si. The molecule has 7 heteroatoms. The van der Waals surface area contributed by atoms with E-state index >= 15 is 0 Å². The Labute approximate surface area is 196 Å². The Morgan fingerprint density at radius 2 is 1.94 bits per heavy atom. The number of hydrogen-bond donors (Lipinski definition) is 1. The lowest BCUT2D eigenvalue weighted by Gasteiger charge is -2.40. The van der Waals surface area contributed by atoms with Gasteiger partial charge in [0.15, 0.2) is 8.32 Å². The second kappa shape index (κ2) is 13.0. The van der Waals surface area contributed by atoms with Gasteiger partial charge in [-0.15, -0.1) is 0 Å². The van der Waals surface area contributed by atoms with Gasteiger partial charge in [-0.1, -0.05) is 45.9 Å². The van der Waals surface area contributed by atoms with E-state index in [9.17, 15) is 9.90 Å². The van der Waals surface area contributed by atoms with Crippen LogP contribution in [0.3, 0.4) is 0 Å². The fourth-order valence-electron chi connectivity index (χ4n) is 3.55. The number of carbonyl (C=O) groups is 1. The summed E-state index contributed by atoms with van der Waals surface area (Å²) in [6.07, 6.45) is 9.03. The highest BCUT2D eigenvalue weighted by molar-refractivity contribution is 6.74. The Kier molecular flexibility index (Phi) is 11.8. The van der Waals surface area contributed by atoms with Crippen molar-refractivity contribution in [3.63, 3.8) is 0 Å². The van der Waals surface area contributed by atoms with Crippen molar-refractivity contribution in [2.45, 2.75) is 103 Å². The number of methoxy groups -OCH3 is 2. The summed E-state index contributed by atoms with van der Waals surface area (Å²) in [4.78, 5) is 11.8. The van der Waals surface area contributed by atoms with E-state index < -0.39 is 8.32 Å². The van der Waals surface area contributed by atoms with E-state index in [1.54, 1.807) is 14.0 Å². The molecule has 0 aromatic rings. The van der Waals surface area contributed by atoms with Crippen LogP contribution in [0.15, 0.2) is 23.8 Å². The van der Waals surface area contributed by atoms with Crippen LogP contribution in [-0.4, -0.2) is 64.6 Å². The molecule has 0 aromatic heterocycles. The molecule has 0 unspecified atom stereocenters. The van der Waals surface area contributed by atoms with Crippen molar-refractivity contribution in [1.82, 2.24) is 0 Å². The third-order valence-electron chi connectivity index (χ3n) is 6.79. The van der Waals surface area contributed by atoms with Crippen LogP contribution in [0.1, 0.15) is 60.3 Å². The molecule has 1 N–H and O–H groups in total. The van der Waals surface area contributed by atoms with Gasteiger partial charge in [-0.25, -0.2) is 4.79 Å².